The van der Waals surface area contributed by atoms with Gasteiger partial charge in [-0.3, -0.25) is 19.0 Å². The fourth-order valence-electron chi connectivity index (χ4n) is 3.58. The van der Waals surface area contributed by atoms with E-state index in [4.69, 9.17) is 0 Å². The van der Waals surface area contributed by atoms with Crippen LogP contribution in [-0.4, -0.2) is 40.2 Å². The molecule has 0 atom stereocenters. The highest BCUT2D eigenvalue weighted by Gasteiger charge is 2.22. The second-order valence-corrected chi connectivity index (χ2v) is 8.24. The maximum Gasteiger partial charge on any atom is 0.262 e. The van der Waals surface area contributed by atoms with Gasteiger partial charge in [-0.05, 0) is 31.4 Å². The van der Waals surface area contributed by atoms with Gasteiger partial charge in [0.05, 0.1) is 23.2 Å². The van der Waals surface area contributed by atoms with Gasteiger partial charge in [0.25, 0.3) is 5.56 Å². The van der Waals surface area contributed by atoms with Gasteiger partial charge in [-0.1, -0.05) is 50.1 Å². The van der Waals surface area contributed by atoms with Gasteiger partial charge < -0.3 is 10.6 Å². The summed E-state index contributed by atoms with van der Waals surface area (Å²) in [6.45, 7) is 2.52. The van der Waals surface area contributed by atoms with Crippen molar-refractivity contribution in [3.63, 3.8) is 0 Å². The molecule has 7 nitrogen and oxygen atoms in total. The predicted molar refractivity (Wildman–Crippen MR) is 115 cm³/mol. The van der Waals surface area contributed by atoms with Gasteiger partial charge in [-0.2, -0.15) is 0 Å². The van der Waals surface area contributed by atoms with Crippen LogP contribution in [0.3, 0.4) is 0 Å². The summed E-state index contributed by atoms with van der Waals surface area (Å²) in [4.78, 5) is 41.7. The average molecular weight is 417 g/mol. The van der Waals surface area contributed by atoms with E-state index in [0.717, 1.165) is 32.1 Å². The van der Waals surface area contributed by atoms with E-state index in [-0.39, 0.29) is 35.7 Å². The van der Waals surface area contributed by atoms with Crippen molar-refractivity contribution in [1.82, 2.24) is 20.2 Å². The number of fused-ring (bicyclic) bond motifs is 1. The van der Waals surface area contributed by atoms with E-state index in [0.29, 0.717) is 22.6 Å². The summed E-state index contributed by atoms with van der Waals surface area (Å²) in [5.74, 6) is -0.342. The van der Waals surface area contributed by atoms with Crippen molar-refractivity contribution < 1.29 is 9.59 Å². The summed E-state index contributed by atoms with van der Waals surface area (Å²) in [7, 11) is 0. The normalized spacial score (nSPS) is 14.7. The lowest BCUT2D eigenvalue weighted by Crippen LogP contribution is -2.38. The van der Waals surface area contributed by atoms with Crippen LogP contribution in [0.25, 0.3) is 10.9 Å². The van der Waals surface area contributed by atoms with Crippen molar-refractivity contribution in [2.45, 2.75) is 56.6 Å². The van der Waals surface area contributed by atoms with E-state index >= 15 is 0 Å². The molecule has 1 aliphatic rings. The van der Waals surface area contributed by atoms with Gasteiger partial charge in [0.1, 0.15) is 0 Å². The van der Waals surface area contributed by atoms with Crippen LogP contribution >= 0.6 is 11.8 Å². The standard InChI is InChI=1S/C21H28N4O3S/c1-2-12-22-18(26)13-23-19(27)14-29-21-24-17-11-7-6-10-16(17)20(28)25(21)15-8-4-3-5-9-15/h6-7,10-11,15H,2-5,8-9,12-14H2,1H3,(H,22,26)(H,23,27). The average Bonchev–Trinajstić information content (AvgIpc) is 2.75. The van der Waals surface area contributed by atoms with Gasteiger partial charge in [0.2, 0.25) is 11.8 Å². The lowest BCUT2D eigenvalue weighted by molar-refractivity contribution is -0.124. The van der Waals surface area contributed by atoms with Crippen molar-refractivity contribution in [3.8, 4) is 0 Å². The zero-order valence-electron chi connectivity index (χ0n) is 16.8. The van der Waals surface area contributed by atoms with Crippen LogP contribution in [0.1, 0.15) is 51.5 Å². The molecule has 0 spiro atoms. The third kappa shape index (κ3) is 5.59. The quantitative estimate of drug-likeness (QED) is 0.510. The number of hydrogen-bond donors (Lipinski definition) is 2. The van der Waals surface area contributed by atoms with Crippen LogP contribution < -0.4 is 16.2 Å². The topological polar surface area (TPSA) is 93.1 Å². The van der Waals surface area contributed by atoms with E-state index in [1.54, 1.807) is 10.6 Å². The minimum Gasteiger partial charge on any atom is -0.355 e. The zero-order valence-corrected chi connectivity index (χ0v) is 17.6. The van der Waals surface area contributed by atoms with E-state index in [1.807, 2.05) is 25.1 Å². The summed E-state index contributed by atoms with van der Waals surface area (Å²) >= 11 is 1.26. The molecular weight excluding hydrogens is 388 g/mol. The van der Waals surface area contributed by atoms with Gasteiger partial charge in [-0.15, -0.1) is 0 Å². The first-order valence-corrected chi connectivity index (χ1v) is 11.3. The van der Waals surface area contributed by atoms with Crippen molar-refractivity contribution >= 4 is 34.5 Å². The number of aromatic nitrogens is 2. The molecule has 2 amide bonds. The monoisotopic (exact) mass is 416 g/mol. The summed E-state index contributed by atoms with van der Waals surface area (Å²) in [6, 6.07) is 7.46. The lowest BCUT2D eigenvalue weighted by Gasteiger charge is -2.26. The van der Waals surface area contributed by atoms with E-state index in [2.05, 4.69) is 15.6 Å². The molecule has 29 heavy (non-hydrogen) atoms. The van der Waals surface area contributed by atoms with Crippen molar-refractivity contribution in [2.24, 2.45) is 0 Å². The van der Waals surface area contributed by atoms with Crippen LogP contribution in [0.4, 0.5) is 0 Å². The molecule has 8 heteroatoms. The molecule has 1 aromatic carbocycles. The molecule has 0 aliphatic heterocycles. The Balaban J connectivity index is 1.74. The number of carbonyl (C=O) groups is 2. The molecule has 156 valence electrons. The van der Waals surface area contributed by atoms with Gasteiger partial charge in [0, 0.05) is 12.6 Å². The highest BCUT2D eigenvalue weighted by atomic mass is 32.2. The zero-order chi connectivity index (χ0) is 20.6. The number of amides is 2. The van der Waals surface area contributed by atoms with E-state index in [9.17, 15) is 14.4 Å². The smallest absolute Gasteiger partial charge is 0.262 e. The molecule has 0 radical (unpaired) electrons. The van der Waals surface area contributed by atoms with Crippen molar-refractivity contribution in [2.75, 3.05) is 18.8 Å². The molecular formula is C21H28N4O3S. The van der Waals surface area contributed by atoms with E-state index < -0.39 is 0 Å². The van der Waals surface area contributed by atoms with Crippen molar-refractivity contribution in [3.05, 3.63) is 34.6 Å². The summed E-state index contributed by atoms with van der Waals surface area (Å²) in [5, 5.41) is 6.53. The Morgan fingerprint density at radius 2 is 1.90 bits per heavy atom. The second kappa shape index (κ2) is 10.4. The fraction of sp³-hybridized carbons (Fsp3) is 0.524. The van der Waals surface area contributed by atoms with Crippen LogP contribution in [0, 0.1) is 0 Å². The minimum atomic E-state index is -0.251. The third-order valence-electron chi connectivity index (χ3n) is 5.07. The van der Waals surface area contributed by atoms with Gasteiger partial charge in [0.15, 0.2) is 5.16 Å². The number of nitrogens with zero attached hydrogens (tertiary/aromatic N) is 2. The highest BCUT2D eigenvalue weighted by molar-refractivity contribution is 7.99. The first kappa shape index (κ1) is 21.4. The molecule has 1 saturated carbocycles. The number of benzene rings is 1. The van der Waals surface area contributed by atoms with Crippen molar-refractivity contribution in [1.29, 1.82) is 0 Å². The molecule has 0 bridgehead atoms. The fourth-order valence-corrected chi connectivity index (χ4v) is 4.47. The minimum absolute atomic E-state index is 0.0376. The second-order valence-electron chi connectivity index (χ2n) is 7.29. The number of para-hydroxylation sites is 1. The first-order chi connectivity index (χ1) is 14.1. The molecule has 1 fully saturated rings. The Hall–Kier alpha value is -2.35. The Kier molecular flexibility index (Phi) is 7.69. The summed E-state index contributed by atoms with van der Waals surface area (Å²) < 4.78 is 1.79. The summed E-state index contributed by atoms with van der Waals surface area (Å²) in [5.41, 5.74) is 0.607. The lowest BCUT2D eigenvalue weighted by atomic mass is 9.95. The Morgan fingerprint density at radius 1 is 1.14 bits per heavy atom. The maximum absolute atomic E-state index is 13.2. The molecule has 2 N–H and O–H groups in total. The Morgan fingerprint density at radius 3 is 2.66 bits per heavy atom. The van der Waals surface area contributed by atoms with Crippen LogP contribution in [0.5, 0.6) is 0 Å². The Bertz CT molecular complexity index is 922. The first-order valence-electron chi connectivity index (χ1n) is 10.3. The van der Waals surface area contributed by atoms with Crippen LogP contribution in [0.2, 0.25) is 0 Å². The number of hydrogen-bond acceptors (Lipinski definition) is 5. The molecule has 2 aromatic rings. The molecule has 3 rings (SSSR count). The third-order valence-corrected chi connectivity index (χ3v) is 6.02. The molecule has 1 aromatic heterocycles. The largest absolute Gasteiger partial charge is 0.355 e. The predicted octanol–water partition coefficient (Wildman–Crippen LogP) is 2.64. The van der Waals surface area contributed by atoms with Crippen LogP contribution in [0.15, 0.2) is 34.2 Å². The SMILES string of the molecule is CCCNC(=O)CNC(=O)CSc1nc2ccccc2c(=O)n1C1CCCCC1. The van der Waals surface area contributed by atoms with Gasteiger partial charge in [-0.25, -0.2) is 4.98 Å². The number of thioether (sulfide) groups is 1. The molecule has 0 saturated heterocycles. The number of carbonyl (C=O) groups excluding carboxylic acids is 2. The highest BCUT2D eigenvalue weighted by Crippen LogP contribution is 2.30. The molecule has 0 unspecified atom stereocenters. The molecule has 1 heterocycles. The number of rotatable bonds is 8. The van der Waals surface area contributed by atoms with E-state index in [1.165, 1.54) is 18.2 Å². The molecule has 1 aliphatic carbocycles. The van der Waals surface area contributed by atoms with Gasteiger partial charge >= 0.3 is 0 Å². The number of nitrogens with one attached hydrogen (secondary N) is 2. The van der Waals surface area contributed by atoms with Crippen LogP contribution in [-0.2, 0) is 9.59 Å². The maximum atomic E-state index is 13.2. The summed E-state index contributed by atoms with van der Waals surface area (Å²) in [6.07, 6.45) is 6.15. The Labute approximate surface area is 174 Å².